The van der Waals surface area contributed by atoms with Gasteiger partial charge in [0.05, 0.1) is 15.9 Å². The van der Waals surface area contributed by atoms with Gasteiger partial charge in [0.25, 0.3) is 0 Å². The number of piperidine rings is 1. The maximum atomic E-state index is 12.4. The maximum Gasteiger partial charge on any atom is 0.203 e. The van der Waals surface area contributed by atoms with Crippen LogP contribution in [0.1, 0.15) is 22.5 Å². The average Bonchev–Trinajstić information content (AvgIpc) is 3.23. The molecule has 22 heavy (non-hydrogen) atoms. The summed E-state index contributed by atoms with van der Waals surface area (Å²) in [5.41, 5.74) is 2.06. The van der Waals surface area contributed by atoms with Gasteiger partial charge >= 0.3 is 0 Å². The Morgan fingerprint density at radius 3 is 2.73 bits per heavy atom. The average molecular weight is 311 g/mol. The number of benzene rings is 1. The minimum Gasteiger partial charge on any atom is -0.342 e. The first-order valence-corrected chi connectivity index (χ1v) is 8.46. The summed E-state index contributed by atoms with van der Waals surface area (Å²) in [4.78, 5) is 23.6. The van der Waals surface area contributed by atoms with Crippen molar-refractivity contribution in [2.45, 2.75) is 12.8 Å². The highest BCUT2D eigenvalue weighted by Gasteiger charge is 2.27. The van der Waals surface area contributed by atoms with Gasteiger partial charge in [-0.05, 0) is 36.4 Å². The predicted molar refractivity (Wildman–Crippen MR) is 89.7 cm³/mol. The summed E-state index contributed by atoms with van der Waals surface area (Å²) in [6.07, 6.45) is 1.79. The maximum absolute atomic E-state index is 12.4. The second-order valence-corrected chi connectivity index (χ2v) is 6.63. The number of nitrogens with one attached hydrogen (secondary N) is 1. The molecule has 2 aromatic heterocycles. The highest BCUT2D eigenvalue weighted by Crippen LogP contribution is 2.26. The number of thiophene rings is 1. The van der Waals surface area contributed by atoms with Crippen LogP contribution in [-0.2, 0) is 0 Å². The van der Waals surface area contributed by atoms with Gasteiger partial charge in [0.15, 0.2) is 5.78 Å². The van der Waals surface area contributed by atoms with Crippen molar-refractivity contribution in [3.63, 3.8) is 0 Å². The molecule has 1 fully saturated rings. The minimum absolute atomic E-state index is 0.152. The lowest BCUT2D eigenvalue weighted by molar-refractivity contribution is 0.0904. The first kappa shape index (κ1) is 13.5. The van der Waals surface area contributed by atoms with Gasteiger partial charge in [0.1, 0.15) is 0 Å². The van der Waals surface area contributed by atoms with Gasteiger partial charge in [0, 0.05) is 19.0 Å². The smallest absolute Gasteiger partial charge is 0.203 e. The molecule has 0 saturated carbocycles. The number of aromatic amines is 1. The lowest BCUT2D eigenvalue weighted by atomic mass is 9.92. The van der Waals surface area contributed by atoms with Crippen LogP contribution in [-0.4, -0.2) is 28.8 Å². The Morgan fingerprint density at radius 2 is 2.00 bits per heavy atom. The number of carbonyl (C=O) groups excluding carboxylic acids is 1. The van der Waals surface area contributed by atoms with Crippen molar-refractivity contribution in [3.8, 4) is 0 Å². The van der Waals surface area contributed by atoms with Crippen LogP contribution in [0.5, 0.6) is 0 Å². The molecule has 112 valence electrons. The second kappa shape index (κ2) is 5.57. The molecule has 4 nitrogen and oxygen atoms in total. The van der Waals surface area contributed by atoms with E-state index in [0.717, 1.165) is 47.8 Å². The van der Waals surface area contributed by atoms with Crippen LogP contribution in [0.2, 0.25) is 0 Å². The van der Waals surface area contributed by atoms with Gasteiger partial charge in [0.2, 0.25) is 5.95 Å². The molecule has 1 aromatic carbocycles. The third-order valence-electron chi connectivity index (χ3n) is 4.31. The van der Waals surface area contributed by atoms with E-state index in [-0.39, 0.29) is 5.92 Å². The number of para-hydroxylation sites is 2. The number of rotatable bonds is 3. The molecular weight excluding hydrogens is 294 g/mol. The normalized spacial score (nSPS) is 16.3. The standard InChI is InChI=1S/C17H17N3OS/c21-16(15-6-3-11-22-15)12-7-9-20(10-8-12)17-18-13-4-1-2-5-14(13)19-17/h1-6,11-12H,7-10H2,(H,18,19). The number of fused-ring (bicyclic) bond motifs is 1. The molecular formula is C17H17N3OS. The molecule has 0 spiro atoms. The minimum atomic E-state index is 0.152. The number of nitrogens with zero attached hydrogens (tertiary/aromatic N) is 2. The van der Waals surface area contributed by atoms with Gasteiger partial charge in [-0.2, -0.15) is 0 Å². The summed E-state index contributed by atoms with van der Waals surface area (Å²) in [6, 6.07) is 11.9. The van der Waals surface area contributed by atoms with Crippen molar-refractivity contribution >= 4 is 34.1 Å². The number of ketones is 1. The largest absolute Gasteiger partial charge is 0.342 e. The van der Waals surface area contributed by atoms with Crippen LogP contribution in [0.3, 0.4) is 0 Å². The van der Waals surface area contributed by atoms with Crippen molar-refractivity contribution in [1.82, 2.24) is 9.97 Å². The van der Waals surface area contributed by atoms with Crippen molar-refractivity contribution in [1.29, 1.82) is 0 Å². The molecule has 0 amide bonds. The summed E-state index contributed by atoms with van der Waals surface area (Å²) in [5, 5.41) is 1.97. The number of anilines is 1. The molecule has 0 unspecified atom stereocenters. The van der Waals surface area contributed by atoms with E-state index in [0.29, 0.717) is 5.78 Å². The fraction of sp³-hybridized carbons (Fsp3) is 0.294. The SMILES string of the molecule is O=C(c1cccs1)C1CCN(c2nc3ccccc3[nH]2)CC1. The summed E-state index contributed by atoms with van der Waals surface area (Å²) in [6.45, 7) is 1.75. The van der Waals surface area contributed by atoms with Crippen LogP contribution in [0.25, 0.3) is 11.0 Å². The van der Waals surface area contributed by atoms with Crippen molar-refractivity contribution < 1.29 is 4.79 Å². The monoisotopic (exact) mass is 311 g/mol. The van der Waals surface area contributed by atoms with E-state index in [1.807, 2.05) is 41.8 Å². The molecule has 0 atom stereocenters. The fourth-order valence-corrected chi connectivity index (χ4v) is 3.81. The molecule has 1 saturated heterocycles. The Hall–Kier alpha value is -2.14. The van der Waals surface area contributed by atoms with Crippen LogP contribution < -0.4 is 4.90 Å². The number of hydrogen-bond acceptors (Lipinski definition) is 4. The van der Waals surface area contributed by atoms with E-state index in [9.17, 15) is 4.79 Å². The molecule has 1 aliphatic rings. The Bertz CT molecular complexity index is 752. The van der Waals surface area contributed by atoms with E-state index >= 15 is 0 Å². The Labute approximate surface area is 132 Å². The van der Waals surface area contributed by atoms with Crippen LogP contribution in [0.4, 0.5) is 5.95 Å². The molecule has 5 heteroatoms. The van der Waals surface area contributed by atoms with E-state index in [4.69, 9.17) is 0 Å². The van der Waals surface area contributed by atoms with Gasteiger partial charge in [-0.25, -0.2) is 4.98 Å². The van der Waals surface area contributed by atoms with Gasteiger partial charge in [-0.3, -0.25) is 4.79 Å². The Morgan fingerprint density at radius 1 is 1.18 bits per heavy atom. The van der Waals surface area contributed by atoms with Crippen LogP contribution >= 0.6 is 11.3 Å². The lowest BCUT2D eigenvalue weighted by Crippen LogP contribution is -2.36. The first-order valence-electron chi connectivity index (χ1n) is 7.59. The van der Waals surface area contributed by atoms with Gasteiger partial charge in [-0.15, -0.1) is 11.3 Å². The van der Waals surface area contributed by atoms with E-state index < -0.39 is 0 Å². The summed E-state index contributed by atoms with van der Waals surface area (Å²) < 4.78 is 0. The Kier molecular flexibility index (Phi) is 3.42. The molecule has 0 bridgehead atoms. The third kappa shape index (κ3) is 2.41. The van der Waals surface area contributed by atoms with E-state index in [1.165, 1.54) is 0 Å². The number of H-pyrrole nitrogens is 1. The number of carbonyl (C=O) groups is 1. The number of hydrogen-bond donors (Lipinski definition) is 1. The number of imidazole rings is 1. The Balaban J connectivity index is 1.46. The molecule has 0 radical (unpaired) electrons. The third-order valence-corrected chi connectivity index (χ3v) is 5.19. The molecule has 1 aliphatic heterocycles. The van der Waals surface area contributed by atoms with Crippen molar-refractivity contribution in [2.75, 3.05) is 18.0 Å². The molecule has 0 aliphatic carbocycles. The molecule has 3 aromatic rings. The van der Waals surface area contributed by atoms with Crippen LogP contribution in [0, 0.1) is 5.92 Å². The van der Waals surface area contributed by atoms with E-state index in [1.54, 1.807) is 11.3 Å². The fourth-order valence-electron chi connectivity index (χ4n) is 3.06. The second-order valence-electron chi connectivity index (χ2n) is 5.68. The summed E-state index contributed by atoms with van der Waals surface area (Å²) >= 11 is 1.54. The zero-order valence-corrected chi connectivity index (χ0v) is 13.0. The lowest BCUT2D eigenvalue weighted by Gasteiger charge is -2.30. The van der Waals surface area contributed by atoms with Crippen molar-refractivity contribution in [2.24, 2.45) is 5.92 Å². The van der Waals surface area contributed by atoms with Gasteiger partial charge in [-0.1, -0.05) is 18.2 Å². The predicted octanol–water partition coefficient (Wildman–Crippen LogP) is 3.72. The number of aromatic nitrogens is 2. The summed E-state index contributed by atoms with van der Waals surface area (Å²) in [7, 11) is 0. The zero-order valence-electron chi connectivity index (χ0n) is 12.2. The topological polar surface area (TPSA) is 49.0 Å². The van der Waals surface area contributed by atoms with E-state index in [2.05, 4.69) is 14.9 Å². The highest BCUT2D eigenvalue weighted by atomic mass is 32.1. The summed E-state index contributed by atoms with van der Waals surface area (Å²) in [5.74, 6) is 1.38. The highest BCUT2D eigenvalue weighted by molar-refractivity contribution is 7.12. The van der Waals surface area contributed by atoms with Gasteiger partial charge < -0.3 is 9.88 Å². The van der Waals surface area contributed by atoms with Crippen molar-refractivity contribution in [3.05, 3.63) is 46.7 Å². The molecule has 3 heterocycles. The quantitative estimate of drug-likeness (QED) is 0.750. The zero-order chi connectivity index (χ0) is 14.9. The molecule has 1 N–H and O–H groups in total. The number of Topliss-reactive ketones (excluding diaryl/α,β-unsaturated/α-hetero) is 1. The molecule has 4 rings (SSSR count). The van der Waals surface area contributed by atoms with Crippen LogP contribution in [0.15, 0.2) is 41.8 Å². The first-order chi connectivity index (χ1) is 10.8.